The summed E-state index contributed by atoms with van der Waals surface area (Å²) in [5.74, 6) is 1.84. The van der Waals surface area contributed by atoms with Crippen LogP contribution in [0.3, 0.4) is 0 Å². The fourth-order valence-electron chi connectivity index (χ4n) is 1.46. The minimum absolute atomic E-state index is 0.651. The summed E-state index contributed by atoms with van der Waals surface area (Å²) >= 11 is 2.24. The number of hydrogen-bond acceptors (Lipinski definition) is 3. The highest BCUT2D eigenvalue weighted by Crippen LogP contribution is 2.21. The molecule has 0 aliphatic heterocycles. The molecule has 0 fully saturated rings. The van der Waals surface area contributed by atoms with E-state index in [2.05, 4.69) is 27.9 Å². The van der Waals surface area contributed by atoms with Gasteiger partial charge < -0.3 is 15.5 Å². The minimum atomic E-state index is 0.651. The number of aryl methyl sites for hydroxylation is 1. The van der Waals surface area contributed by atoms with Gasteiger partial charge in [-0.25, -0.2) is 0 Å². The first-order valence-electron chi connectivity index (χ1n) is 4.99. The molecule has 0 aliphatic carbocycles. The van der Waals surface area contributed by atoms with Crippen molar-refractivity contribution >= 4 is 34.0 Å². The lowest BCUT2D eigenvalue weighted by atomic mass is 10.2. The van der Waals surface area contributed by atoms with Gasteiger partial charge >= 0.3 is 0 Å². The van der Waals surface area contributed by atoms with Crippen molar-refractivity contribution in [2.45, 2.75) is 13.5 Å². The van der Waals surface area contributed by atoms with E-state index in [9.17, 15) is 0 Å². The van der Waals surface area contributed by atoms with Crippen LogP contribution in [0.15, 0.2) is 34.7 Å². The van der Waals surface area contributed by atoms with E-state index in [4.69, 9.17) is 10.2 Å². The zero-order chi connectivity index (χ0) is 11.5. The van der Waals surface area contributed by atoms with Gasteiger partial charge in [0.25, 0.3) is 0 Å². The summed E-state index contributed by atoms with van der Waals surface area (Å²) < 4.78 is 6.60. The Kier molecular flexibility index (Phi) is 3.38. The third kappa shape index (κ3) is 2.69. The van der Waals surface area contributed by atoms with Crippen LogP contribution in [0.4, 0.5) is 11.4 Å². The van der Waals surface area contributed by atoms with Gasteiger partial charge in [0.05, 0.1) is 17.9 Å². The lowest BCUT2D eigenvalue weighted by Gasteiger charge is -2.07. The fraction of sp³-hybridized carbons (Fsp3) is 0.167. The van der Waals surface area contributed by atoms with Crippen LogP contribution in [0, 0.1) is 10.5 Å². The van der Waals surface area contributed by atoms with Crippen LogP contribution in [0.25, 0.3) is 0 Å². The maximum absolute atomic E-state index is 5.89. The molecule has 1 aromatic carbocycles. The third-order valence-electron chi connectivity index (χ3n) is 2.26. The number of nitrogen functional groups attached to an aromatic ring is 1. The molecule has 0 saturated carbocycles. The topological polar surface area (TPSA) is 51.2 Å². The first-order chi connectivity index (χ1) is 7.65. The van der Waals surface area contributed by atoms with Crippen LogP contribution in [0.2, 0.25) is 0 Å². The van der Waals surface area contributed by atoms with Crippen molar-refractivity contribution in [3.63, 3.8) is 0 Å². The van der Waals surface area contributed by atoms with Crippen molar-refractivity contribution in [1.29, 1.82) is 0 Å². The quantitative estimate of drug-likeness (QED) is 0.671. The molecule has 0 atom stereocenters. The molecule has 1 heterocycles. The van der Waals surface area contributed by atoms with Crippen molar-refractivity contribution < 1.29 is 4.42 Å². The molecule has 4 heteroatoms. The Hall–Kier alpha value is -1.17. The van der Waals surface area contributed by atoms with Gasteiger partial charge in [-0.2, -0.15) is 0 Å². The van der Waals surface area contributed by atoms with Gasteiger partial charge in [0.1, 0.15) is 11.5 Å². The zero-order valence-corrected chi connectivity index (χ0v) is 11.1. The molecule has 0 bridgehead atoms. The number of nitrogens with two attached hydrogens (primary N) is 1. The van der Waals surface area contributed by atoms with Crippen LogP contribution in [0.1, 0.15) is 11.5 Å². The van der Waals surface area contributed by atoms with Crippen LogP contribution in [0.5, 0.6) is 0 Å². The fourth-order valence-corrected chi connectivity index (χ4v) is 1.97. The Morgan fingerprint density at radius 2 is 2.12 bits per heavy atom. The Morgan fingerprint density at radius 1 is 1.31 bits per heavy atom. The minimum Gasteiger partial charge on any atom is -0.465 e. The molecule has 0 amide bonds. The smallest absolute Gasteiger partial charge is 0.123 e. The average molecular weight is 328 g/mol. The molecule has 0 aliphatic rings. The molecule has 0 radical (unpaired) electrons. The second-order valence-corrected chi connectivity index (χ2v) is 4.84. The average Bonchev–Trinajstić information content (AvgIpc) is 2.63. The first-order valence-corrected chi connectivity index (χ1v) is 6.07. The monoisotopic (exact) mass is 328 g/mol. The summed E-state index contributed by atoms with van der Waals surface area (Å²) in [5.41, 5.74) is 7.59. The number of furan rings is 1. The molecule has 0 unspecified atom stereocenters. The van der Waals surface area contributed by atoms with Crippen LogP contribution >= 0.6 is 22.6 Å². The SMILES string of the molecule is Cc1ccc(CNc2ccc(I)cc2N)o1. The molecular weight excluding hydrogens is 315 g/mol. The second kappa shape index (κ2) is 4.78. The van der Waals surface area contributed by atoms with Gasteiger partial charge in [0, 0.05) is 3.57 Å². The van der Waals surface area contributed by atoms with Gasteiger partial charge in [0.2, 0.25) is 0 Å². The van der Waals surface area contributed by atoms with E-state index in [1.165, 1.54) is 0 Å². The molecular formula is C12H13IN2O. The van der Waals surface area contributed by atoms with Crippen molar-refractivity contribution in [1.82, 2.24) is 0 Å². The number of anilines is 2. The number of halogens is 1. The summed E-state index contributed by atoms with van der Waals surface area (Å²) in [6.45, 7) is 2.58. The molecule has 3 N–H and O–H groups in total. The normalized spacial score (nSPS) is 10.4. The molecule has 2 aromatic rings. The molecule has 0 spiro atoms. The highest BCUT2D eigenvalue weighted by atomic mass is 127. The van der Waals surface area contributed by atoms with Crippen LogP contribution in [-0.4, -0.2) is 0 Å². The predicted octanol–water partition coefficient (Wildman–Crippen LogP) is 3.39. The van der Waals surface area contributed by atoms with E-state index in [1.807, 2.05) is 37.3 Å². The Morgan fingerprint density at radius 3 is 2.75 bits per heavy atom. The van der Waals surface area contributed by atoms with E-state index in [0.717, 1.165) is 26.5 Å². The van der Waals surface area contributed by atoms with Crippen molar-refractivity contribution in [3.05, 3.63) is 45.4 Å². The molecule has 3 nitrogen and oxygen atoms in total. The van der Waals surface area contributed by atoms with Crippen LogP contribution < -0.4 is 11.1 Å². The van der Waals surface area contributed by atoms with E-state index >= 15 is 0 Å². The standard InChI is InChI=1S/C12H13IN2O/c1-8-2-4-10(16-8)7-15-12-5-3-9(13)6-11(12)14/h2-6,15H,7,14H2,1H3. The van der Waals surface area contributed by atoms with Gasteiger partial charge in [-0.15, -0.1) is 0 Å². The van der Waals surface area contributed by atoms with Crippen molar-refractivity contribution in [2.24, 2.45) is 0 Å². The van der Waals surface area contributed by atoms with Gasteiger partial charge in [-0.3, -0.25) is 0 Å². The Balaban J connectivity index is 2.04. The first kappa shape index (κ1) is 11.3. The molecule has 0 saturated heterocycles. The van der Waals surface area contributed by atoms with Gasteiger partial charge in [0.15, 0.2) is 0 Å². The molecule has 84 valence electrons. The second-order valence-electron chi connectivity index (χ2n) is 3.60. The highest BCUT2D eigenvalue weighted by Gasteiger charge is 2.01. The maximum Gasteiger partial charge on any atom is 0.123 e. The van der Waals surface area contributed by atoms with E-state index < -0.39 is 0 Å². The summed E-state index contributed by atoms with van der Waals surface area (Å²) in [6, 6.07) is 9.86. The molecule has 2 rings (SSSR count). The maximum atomic E-state index is 5.89. The Labute approximate surface area is 108 Å². The van der Waals surface area contributed by atoms with Gasteiger partial charge in [-0.05, 0) is 59.8 Å². The molecule has 1 aromatic heterocycles. The van der Waals surface area contributed by atoms with Gasteiger partial charge in [-0.1, -0.05) is 0 Å². The predicted molar refractivity (Wildman–Crippen MR) is 74.3 cm³/mol. The highest BCUT2D eigenvalue weighted by molar-refractivity contribution is 14.1. The van der Waals surface area contributed by atoms with E-state index in [1.54, 1.807) is 0 Å². The number of benzene rings is 1. The lowest BCUT2D eigenvalue weighted by Crippen LogP contribution is -2.01. The largest absolute Gasteiger partial charge is 0.465 e. The number of nitrogens with one attached hydrogen (secondary N) is 1. The van der Waals surface area contributed by atoms with E-state index in [0.29, 0.717) is 6.54 Å². The molecule has 16 heavy (non-hydrogen) atoms. The van der Waals surface area contributed by atoms with Crippen molar-refractivity contribution in [2.75, 3.05) is 11.1 Å². The lowest BCUT2D eigenvalue weighted by molar-refractivity contribution is 0.490. The van der Waals surface area contributed by atoms with Crippen molar-refractivity contribution in [3.8, 4) is 0 Å². The Bertz CT molecular complexity index is 494. The summed E-state index contributed by atoms with van der Waals surface area (Å²) in [7, 11) is 0. The summed E-state index contributed by atoms with van der Waals surface area (Å²) in [5, 5.41) is 3.25. The third-order valence-corrected chi connectivity index (χ3v) is 2.93. The zero-order valence-electron chi connectivity index (χ0n) is 8.96. The summed E-state index contributed by atoms with van der Waals surface area (Å²) in [4.78, 5) is 0. The number of rotatable bonds is 3. The van der Waals surface area contributed by atoms with E-state index in [-0.39, 0.29) is 0 Å². The number of hydrogen-bond donors (Lipinski definition) is 2. The van der Waals surface area contributed by atoms with Crippen LogP contribution in [-0.2, 0) is 6.54 Å². The summed E-state index contributed by atoms with van der Waals surface area (Å²) in [6.07, 6.45) is 0.